The number of aliphatic hydroxyl groups is 1. The Bertz CT molecular complexity index is 866. The fraction of sp³-hybridized carbons (Fsp3) is 0.767. The highest BCUT2D eigenvalue weighted by Gasteiger charge is 2.77. The Morgan fingerprint density at radius 2 is 1.89 bits per heavy atom. The molecule has 1 spiro atoms. The van der Waals surface area contributed by atoms with Crippen LogP contribution in [0.2, 0.25) is 0 Å². The van der Waals surface area contributed by atoms with E-state index in [1.165, 1.54) is 0 Å². The van der Waals surface area contributed by atoms with Crippen LogP contribution in [0.1, 0.15) is 84.5 Å². The summed E-state index contributed by atoms with van der Waals surface area (Å²) in [5.41, 5.74) is 0. The second-order valence-corrected chi connectivity index (χ2v) is 13.2. The normalized spacial score (nSPS) is 29.4. The van der Waals surface area contributed by atoms with E-state index in [1.807, 2.05) is 11.0 Å². The lowest BCUT2D eigenvalue weighted by Gasteiger charge is -2.37. The van der Waals surface area contributed by atoms with Crippen molar-refractivity contribution in [2.75, 3.05) is 32.8 Å². The average molecular weight is 549 g/mol. The highest BCUT2D eigenvalue weighted by atomic mass is 32.2. The number of carbonyl (C=O) groups is 3. The lowest BCUT2D eigenvalue weighted by molar-refractivity contribution is -0.155. The Labute approximate surface area is 233 Å². The summed E-state index contributed by atoms with van der Waals surface area (Å²) in [6.45, 7) is 13.9. The van der Waals surface area contributed by atoms with Gasteiger partial charge in [-0.15, -0.1) is 24.9 Å². The van der Waals surface area contributed by atoms with Crippen molar-refractivity contribution in [1.29, 1.82) is 0 Å². The number of nitrogens with zero attached hydrogens (tertiary/aromatic N) is 2. The van der Waals surface area contributed by atoms with Gasteiger partial charge in [-0.05, 0) is 58.3 Å². The number of amides is 2. The van der Waals surface area contributed by atoms with Gasteiger partial charge in [0.2, 0.25) is 11.8 Å². The molecule has 7 nitrogen and oxygen atoms in total. The first-order valence-electron chi connectivity index (χ1n) is 14.6. The van der Waals surface area contributed by atoms with Crippen molar-refractivity contribution < 1.29 is 24.2 Å². The predicted molar refractivity (Wildman–Crippen MR) is 153 cm³/mol. The van der Waals surface area contributed by atoms with Crippen LogP contribution in [0.15, 0.2) is 25.3 Å². The topological polar surface area (TPSA) is 87.1 Å². The van der Waals surface area contributed by atoms with Crippen molar-refractivity contribution in [2.24, 2.45) is 11.8 Å². The van der Waals surface area contributed by atoms with E-state index in [0.29, 0.717) is 26.2 Å². The number of aliphatic hydroxyl groups excluding tert-OH is 1. The summed E-state index contributed by atoms with van der Waals surface area (Å²) in [6.07, 6.45) is 12.9. The number of hydrogen-bond acceptors (Lipinski definition) is 6. The molecular weight excluding hydrogens is 500 g/mol. The van der Waals surface area contributed by atoms with Crippen LogP contribution in [0.5, 0.6) is 0 Å². The summed E-state index contributed by atoms with van der Waals surface area (Å²) < 4.78 is 4.74. The Morgan fingerprint density at radius 1 is 1.13 bits per heavy atom. The second kappa shape index (κ2) is 14.0. The fourth-order valence-corrected chi connectivity index (χ4v) is 9.01. The number of hydrogen-bond donors (Lipinski definition) is 1. The molecule has 3 rings (SSSR count). The Kier molecular flexibility index (Phi) is 11.3. The summed E-state index contributed by atoms with van der Waals surface area (Å²) >= 11 is 1.70. The molecule has 214 valence electrons. The first-order chi connectivity index (χ1) is 18.3. The standard InChI is InChI=1S/C30H48N2O5S/c1-5-8-10-15-22-37-28(36)24-23-26(34)32(20-13-11-12-14-21-33)25(30(23)17-16-29(24,4)38-30)27(35)31(18-7-3)19-9-6-2/h5,7,23-25,33H,1,3,6,8-22H2,2,4H3/t23-,24+,25?,29-,30?/m0/s1. The van der Waals surface area contributed by atoms with E-state index in [4.69, 9.17) is 9.84 Å². The maximum absolute atomic E-state index is 14.2. The number of carbonyl (C=O) groups excluding carboxylic acids is 3. The van der Waals surface area contributed by atoms with E-state index >= 15 is 0 Å². The molecule has 2 bridgehead atoms. The molecule has 3 aliphatic heterocycles. The molecule has 0 aromatic rings. The molecule has 2 unspecified atom stereocenters. The van der Waals surface area contributed by atoms with Gasteiger partial charge in [-0.1, -0.05) is 38.3 Å². The third-order valence-corrected chi connectivity index (χ3v) is 10.5. The second-order valence-electron chi connectivity index (χ2n) is 11.3. The monoisotopic (exact) mass is 548 g/mol. The van der Waals surface area contributed by atoms with E-state index in [9.17, 15) is 14.4 Å². The van der Waals surface area contributed by atoms with E-state index in [-0.39, 0.29) is 24.4 Å². The van der Waals surface area contributed by atoms with Crippen LogP contribution in [0.25, 0.3) is 0 Å². The van der Waals surface area contributed by atoms with Crippen LogP contribution >= 0.6 is 11.8 Å². The summed E-state index contributed by atoms with van der Waals surface area (Å²) in [4.78, 5) is 45.5. The molecule has 3 aliphatic rings. The largest absolute Gasteiger partial charge is 0.465 e. The molecule has 2 amide bonds. The third kappa shape index (κ3) is 6.16. The van der Waals surface area contributed by atoms with Gasteiger partial charge in [-0.2, -0.15) is 0 Å². The van der Waals surface area contributed by atoms with Gasteiger partial charge in [0.15, 0.2) is 0 Å². The van der Waals surface area contributed by atoms with Gasteiger partial charge in [0.1, 0.15) is 6.04 Å². The highest BCUT2D eigenvalue weighted by molar-refractivity contribution is 8.02. The van der Waals surface area contributed by atoms with Gasteiger partial charge < -0.3 is 19.6 Å². The molecule has 0 radical (unpaired) electrons. The van der Waals surface area contributed by atoms with Gasteiger partial charge >= 0.3 is 5.97 Å². The molecule has 3 heterocycles. The van der Waals surface area contributed by atoms with Gasteiger partial charge in [-0.25, -0.2) is 0 Å². The molecule has 8 heteroatoms. The zero-order chi connectivity index (χ0) is 27.8. The highest BCUT2D eigenvalue weighted by Crippen LogP contribution is 2.71. The average Bonchev–Trinajstić information content (AvgIpc) is 3.46. The molecule has 3 saturated heterocycles. The first-order valence-corrected chi connectivity index (χ1v) is 15.4. The maximum Gasteiger partial charge on any atom is 0.311 e. The van der Waals surface area contributed by atoms with E-state index in [1.54, 1.807) is 22.7 Å². The third-order valence-electron chi connectivity index (χ3n) is 8.56. The maximum atomic E-state index is 14.2. The SMILES string of the molecule is C=CCCCCOC(=O)[C@H]1[C@H]2C(=O)N(CCCCCCO)C(C(=O)N(CC=C)CCCC)C23CC[C@]1(C)S3. The number of esters is 1. The molecule has 0 saturated carbocycles. The van der Waals surface area contributed by atoms with Crippen LogP contribution in [-0.4, -0.2) is 81.1 Å². The number of thioether (sulfide) groups is 1. The van der Waals surface area contributed by atoms with Crippen molar-refractivity contribution in [3.8, 4) is 0 Å². The molecule has 3 fully saturated rings. The Hall–Kier alpha value is -1.80. The van der Waals surface area contributed by atoms with Gasteiger partial charge in [0.25, 0.3) is 0 Å². The molecule has 1 N–H and O–H groups in total. The zero-order valence-corrected chi connectivity index (χ0v) is 24.3. The summed E-state index contributed by atoms with van der Waals surface area (Å²) in [5.74, 6) is -1.44. The molecule has 5 atom stereocenters. The van der Waals surface area contributed by atoms with Crippen molar-refractivity contribution in [3.63, 3.8) is 0 Å². The molecule has 0 aromatic heterocycles. The van der Waals surface area contributed by atoms with Crippen molar-refractivity contribution in [3.05, 3.63) is 25.3 Å². The lowest BCUT2D eigenvalue weighted by atomic mass is 9.66. The fourth-order valence-electron chi connectivity index (χ4n) is 6.67. The van der Waals surface area contributed by atoms with E-state index in [0.717, 1.165) is 70.6 Å². The zero-order valence-electron chi connectivity index (χ0n) is 23.5. The minimum atomic E-state index is -0.605. The lowest BCUT2D eigenvalue weighted by Crippen LogP contribution is -2.55. The molecule has 38 heavy (non-hydrogen) atoms. The molecule has 0 aromatic carbocycles. The number of fused-ring (bicyclic) bond motifs is 1. The smallest absolute Gasteiger partial charge is 0.311 e. The van der Waals surface area contributed by atoms with Crippen LogP contribution in [0.4, 0.5) is 0 Å². The summed E-state index contributed by atoms with van der Waals surface area (Å²) in [7, 11) is 0. The first kappa shape index (κ1) is 30.7. The van der Waals surface area contributed by atoms with Gasteiger partial charge in [0, 0.05) is 31.0 Å². The van der Waals surface area contributed by atoms with E-state index in [2.05, 4.69) is 27.0 Å². The quantitative estimate of drug-likeness (QED) is 0.151. The number of rotatable bonds is 18. The van der Waals surface area contributed by atoms with E-state index < -0.39 is 27.4 Å². The minimum Gasteiger partial charge on any atom is -0.465 e. The summed E-state index contributed by atoms with van der Waals surface area (Å²) in [6, 6.07) is -0.577. The Balaban J connectivity index is 1.88. The number of unbranched alkanes of at least 4 members (excludes halogenated alkanes) is 6. The molecular formula is C30H48N2O5S. The Morgan fingerprint density at radius 3 is 2.58 bits per heavy atom. The van der Waals surface area contributed by atoms with Crippen LogP contribution in [-0.2, 0) is 19.1 Å². The number of ether oxygens (including phenoxy) is 1. The molecule has 0 aliphatic carbocycles. The van der Waals surface area contributed by atoms with Crippen LogP contribution < -0.4 is 0 Å². The van der Waals surface area contributed by atoms with Crippen molar-refractivity contribution in [2.45, 2.75) is 100 Å². The van der Waals surface area contributed by atoms with Crippen molar-refractivity contribution in [1.82, 2.24) is 9.80 Å². The van der Waals surface area contributed by atoms with Gasteiger partial charge in [-0.3, -0.25) is 14.4 Å². The van der Waals surface area contributed by atoms with Crippen LogP contribution in [0.3, 0.4) is 0 Å². The predicted octanol–water partition coefficient (Wildman–Crippen LogP) is 4.73. The van der Waals surface area contributed by atoms with Gasteiger partial charge in [0.05, 0.1) is 23.2 Å². The summed E-state index contributed by atoms with van der Waals surface area (Å²) in [5, 5.41) is 9.13. The number of likely N-dealkylation sites (tertiary alicyclic amines) is 1. The van der Waals surface area contributed by atoms with Crippen molar-refractivity contribution >= 4 is 29.5 Å². The minimum absolute atomic E-state index is 0.0141. The number of allylic oxidation sites excluding steroid dienone is 1. The van der Waals surface area contributed by atoms with Crippen LogP contribution in [0, 0.1) is 11.8 Å².